The van der Waals surface area contributed by atoms with Gasteiger partial charge in [0.1, 0.15) is 11.2 Å². The Morgan fingerprint density at radius 1 is 0.483 bits per heavy atom. The molecule has 0 radical (unpaired) electrons. The van der Waals surface area contributed by atoms with Gasteiger partial charge < -0.3 is 8.98 Å². The summed E-state index contributed by atoms with van der Waals surface area (Å²) < 4.78 is 8.62. The lowest BCUT2D eigenvalue weighted by molar-refractivity contribution is 0.669. The molecule has 0 fully saturated rings. The fourth-order valence-corrected chi connectivity index (χ4v) is 8.36. The van der Waals surface area contributed by atoms with Crippen molar-refractivity contribution in [2.45, 2.75) is 0 Å². The first kappa shape index (κ1) is 34.6. The molecule has 3 aromatic heterocycles. The third-order valence-electron chi connectivity index (χ3n) is 11.1. The van der Waals surface area contributed by atoms with Crippen molar-refractivity contribution in [1.29, 1.82) is 5.26 Å². The van der Waals surface area contributed by atoms with Gasteiger partial charge in [-0.25, -0.2) is 19.8 Å². The third-order valence-corrected chi connectivity index (χ3v) is 11.1. The minimum atomic E-state index is 0.439. The average Bonchev–Trinajstić information content (AvgIpc) is 3.87. The van der Waals surface area contributed by atoms with Crippen molar-refractivity contribution >= 4 is 49.4 Å². The smallest absolute Gasteiger partial charge is 0.196 e. The first-order chi connectivity index (χ1) is 29.6. The van der Waals surface area contributed by atoms with Crippen molar-refractivity contribution in [2.24, 2.45) is 0 Å². The van der Waals surface area contributed by atoms with Crippen LogP contribution in [0.5, 0.6) is 0 Å². The van der Waals surface area contributed by atoms with Crippen LogP contribution in [0.25, 0.3) is 111 Å². The zero-order valence-electron chi connectivity index (χ0n) is 31.9. The largest absolute Gasteiger partial charge is 0.456 e. The summed E-state index contributed by atoms with van der Waals surface area (Å²) in [4.78, 5) is 19.3. The second kappa shape index (κ2) is 14.1. The van der Waals surface area contributed by atoms with Gasteiger partial charge >= 0.3 is 0 Å². The number of aromatic nitrogens is 4. The molecule has 7 nitrogen and oxygen atoms in total. The minimum absolute atomic E-state index is 0.439. The van der Waals surface area contributed by atoms with Crippen LogP contribution in [-0.4, -0.2) is 19.5 Å². The summed E-state index contributed by atoms with van der Waals surface area (Å²) in [6.45, 7) is 7.91. The van der Waals surface area contributed by atoms with Gasteiger partial charge in [-0.05, 0) is 76.9 Å². The minimum Gasteiger partial charge on any atom is -0.456 e. The number of furan rings is 1. The molecule has 3 heterocycles. The molecule has 0 saturated carbocycles. The molecule has 7 heteroatoms. The number of nitrogens with zero attached hydrogens (tertiary/aromatic N) is 6. The van der Waals surface area contributed by atoms with E-state index in [1.165, 1.54) is 0 Å². The van der Waals surface area contributed by atoms with Crippen molar-refractivity contribution in [3.05, 3.63) is 199 Å². The summed E-state index contributed by atoms with van der Waals surface area (Å²) in [7, 11) is 0. The number of hydrogen-bond donors (Lipinski definition) is 0. The molecule has 0 amide bonds. The molecule has 0 aliphatic carbocycles. The zero-order valence-corrected chi connectivity index (χ0v) is 31.9. The van der Waals surface area contributed by atoms with Crippen LogP contribution in [0.3, 0.4) is 0 Å². The van der Waals surface area contributed by atoms with Crippen molar-refractivity contribution in [3.63, 3.8) is 0 Å². The van der Waals surface area contributed by atoms with E-state index in [1.807, 2.05) is 97.1 Å². The molecule has 0 unspecified atom stereocenters. The van der Waals surface area contributed by atoms with Gasteiger partial charge in [-0.15, -0.1) is 0 Å². The lowest BCUT2D eigenvalue weighted by atomic mass is 9.96. The Bertz CT molecular complexity index is 3520. The standard InChI is InChI=1S/C53H30N6O/c1-55-44-29-33(32-54)23-26-38(44)36-24-27-46-42(30-36)40-17-8-10-20-45(40)59(46)47-28-25-37(39-19-12-22-49-50(39)41-18-9-11-21-48(41)60-49)31-43(47)53-57-51(34-13-4-2-5-14-34)56-52(58-53)35-15-6-3-7-16-35/h2-31H. The highest BCUT2D eigenvalue weighted by Crippen LogP contribution is 2.43. The second-order valence-electron chi connectivity index (χ2n) is 14.6. The monoisotopic (exact) mass is 766 g/mol. The van der Waals surface area contributed by atoms with E-state index >= 15 is 0 Å². The fraction of sp³-hybridized carbons (Fsp3) is 0. The maximum absolute atomic E-state index is 9.53. The van der Waals surface area contributed by atoms with Crippen LogP contribution >= 0.6 is 0 Å². The molecule has 11 aromatic rings. The summed E-state index contributed by atoms with van der Waals surface area (Å²) >= 11 is 0. The third kappa shape index (κ3) is 5.69. The molecule has 0 bridgehead atoms. The Morgan fingerprint density at radius 3 is 1.87 bits per heavy atom. The summed E-state index contributed by atoms with van der Waals surface area (Å²) in [6.07, 6.45) is 0. The van der Waals surface area contributed by atoms with Gasteiger partial charge in [0.2, 0.25) is 0 Å². The summed E-state index contributed by atoms with van der Waals surface area (Å²) in [5.74, 6) is 1.68. The van der Waals surface area contributed by atoms with E-state index in [1.54, 1.807) is 12.1 Å². The Hall–Kier alpha value is -8.65. The molecule has 278 valence electrons. The molecule has 8 aromatic carbocycles. The normalized spacial score (nSPS) is 11.3. The van der Waals surface area contributed by atoms with Crippen molar-refractivity contribution in [3.8, 4) is 68.2 Å². The highest BCUT2D eigenvalue weighted by molar-refractivity contribution is 6.13. The highest BCUT2D eigenvalue weighted by atomic mass is 16.3. The Morgan fingerprint density at radius 2 is 1.12 bits per heavy atom. The van der Waals surface area contributed by atoms with Crippen LogP contribution in [0, 0.1) is 17.9 Å². The van der Waals surface area contributed by atoms with E-state index in [0.717, 1.165) is 88.4 Å². The Balaban J connectivity index is 1.21. The van der Waals surface area contributed by atoms with Crippen LogP contribution in [0.1, 0.15) is 5.56 Å². The van der Waals surface area contributed by atoms with Crippen LogP contribution in [0.2, 0.25) is 0 Å². The number of para-hydroxylation sites is 2. The van der Waals surface area contributed by atoms with E-state index < -0.39 is 0 Å². The van der Waals surface area contributed by atoms with E-state index in [-0.39, 0.29) is 0 Å². The van der Waals surface area contributed by atoms with E-state index in [4.69, 9.17) is 25.9 Å². The number of nitriles is 1. The van der Waals surface area contributed by atoms with Crippen LogP contribution in [0.4, 0.5) is 5.69 Å². The van der Waals surface area contributed by atoms with Crippen molar-refractivity contribution in [1.82, 2.24) is 19.5 Å². The molecular formula is C53H30N6O. The van der Waals surface area contributed by atoms with Gasteiger partial charge in [-0.3, -0.25) is 0 Å². The molecule has 11 rings (SSSR count). The number of rotatable bonds is 6. The maximum atomic E-state index is 9.53. The van der Waals surface area contributed by atoms with E-state index in [0.29, 0.717) is 28.7 Å². The van der Waals surface area contributed by atoms with Gasteiger partial charge in [0.05, 0.1) is 29.4 Å². The number of benzene rings is 8. The summed E-state index contributed by atoms with van der Waals surface area (Å²) in [6, 6.07) is 63.0. The van der Waals surface area contributed by atoms with Gasteiger partial charge in [0.25, 0.3) is 0 Å². The van der Waals surface area contributed by atoms with Gasteiger partial charge in [0.15, 0.2) is 23.2 Å². The predicted octanol–water partition coefficient (Wildman–Crippen LogP) is 13.6. The van der Waals surface area contributed by atoms with Crippen molar-refractivity contribution < 1.29 is 4.42 Å². The van der Waals surface area contributed by atoms with Gasteiger partial charge in [-0.2, -0.15) is 5.26 Å². The Kier molecular flexibility index (Phi) is 8.11. The topological polar surface area (TPSA) is 84.9 Å². The molecular weight excluding hydrogens is 737 g/mol. The maximum Gasteiger partial charge on any atom is 0.196 e. The molecule has 0 spiro atoms. The second-order valence-corrected chi connectivity index (χ2v) is 14.6. The quantitative estimate of drug-likeness (QED) is 0.157. The molecule has 0 N–H and O–H groups in total. The molecule has 60 heavy (non-hydrogen) atoms. The predicted molar refractivity (Wildman–Crippen MR) is 240 cm³/mol. The highest BCUT2D eigenvalue weighted by Gasteiger charge is 2.22. The molecule has 0 aliphatic heterocycles. The molecule has 0 aliphatic rings. The van der Waals surface area contributed by atoms with Crippen LogP contribution in [0.15, 0.2) is 186 Å². The molecule has 0 saturated heterocycles. The molecule has 0 atom stereocenters. The van der Waals surface area contributed by atoms with Gasteiger partial charge in [-0.1, -0.05) is 127 Å². The van der Waals surface area contributed by atoms with Crippen LogP contribution in [-0.2, 0) is 0 Å². The zero-order chi connectivity index (χ0) is 40.2. The SMILES string of the molecule is [C-]#[N+]c1cc(C#N)ccc1-c1ccc2c(c1)c1ccccc1n2-c1ccc(-c2cccc3oc4ccccc4c23)cc1-c1nc(-c2ccccc2)nc(-c2ccccc2)n1. The van der Waals surface area contributed by atoms with E-state index in [2.05, 4.69) is 88.3 Å². The first-order valence-electron chi connectivity index (χ1n) is 19.5. The number of fused-ring (bicyclic) bond motifs is 6. The van der Waals surface area contributed by atoms with Gasteiger partial charge in [0, 0.05) is 43.8 Å². The summed E-state index contributed by atoms with van der Waals surface area (Å²) in [5, 5.41) is 13.7. The average molecular weight is 767 g/mol. The lowest BCUT2D eigenvalue weighted by Gasteiger charge is -2.17. The fourth-order valence-electron chi connectivity index (χ4n) is 8.36. The number of hydrogen-bond acceptors (Lipinski definition) is 5. The Labute approximate surface area is 344 Å². The lowest BCUT2D eigenvalue weighted by Crippen LogP contribution is -2.04. The van der Waals surface area contributed by atoms with Crippen molar-refractivity contribution in [2.75, 3.05) is 0 Å². The van der Waals surface area contributed by atoms with Crippen LogP contribution < -0.4 is 0 Å². The summed E-state index contributed by atoms with van der Waals surface area (Å²) in [5.41, 5.74) is 11.7. The first-order valence-corrected chi connectivity index (χ1v) is 19.5. The van der Waals surface area contributed by atoms with E-state index in [9.17, 15) is 5.26 Å².